The van der Waals surface area contributed by atoms with E-state index < -0.39 is 21.2 Å². The fourth-order valence-corrected chi connectivity index (χ4v) is 2.32. The first-order valence-electron chi connectivity index (χ1n) is 6.13. The predicted octanol–water partition coefficient (Wildman–Crippen LogP) is 1.74. The molecule has 0 aliphatic heterocycles. The molecule has 0 aromatic rings. The van der Waals surface area contributed by atoms with Crippen LogP contribution in [0, 0.1) is 0 Å². The van der Waals surface area contributed by atoms with Gasteiger partial charge in [0.1, 0.15) is 0 Å². The van der Waals surface area contributed by atoms with E-state index in [1.54, 1.807) is 0 Å². The number of carboxylic acids is 1. The molecule has 1 unspecified atom stereocenters. The molecule has 0 heterocycles. The van der Waals surface area contributed by atoms with Crippen molar-refractivity contribution in [2.45, 2.75) is 57.6 Å². The van der Waals surface area contributed by atoms with Gasteiger partial charge in [0, 0.05) is 6.54 Å². The summed E-state index contributed by atoms with van der Waals surface area (Å²) in [5.74, 6) is -1.32. The second kappa shape index (κ2) is 8.47. The van der Waals surface area contributed by atoms with Gasteiger partial charge in [0.05, 0.1) is 0 Å². The molecule has 0 saturated heterocycles. The molecule has 5 nitrogen and oxygen atoms in total. The topological polar surface area (TPSA) is 83.5 Å². The van der Waals surface area contributed by atoms with Crippen LogP contribution in [0.5, 0.6) is 0 Å². The first-order valence-corrected chi connectivity index (χ1v) is 7.67. The van der Waals surface area contributed by atoms with Crippen molar-refractivity contribution in [2.75, 3.05) is 6.54 Å². The molecule has 0 aromatic carbocycles. The van der Waals surface area contributed by atoms with Gasteiger partial charge in [0.15, 0.2) is 5.25 Å². The number of hydrogen-bond acceptors (Lipinski definition) is 3. The maximum atomic E-state index is 11.4. The minimum absolute atomic E-state index is 0.325. The van der Waals surface area contributed by atoms with E-state index in [0.29, 0.717) is 6.54 Å². The zero-order chi connectivity index (χ0) is 13.3. The highest BCUT2D eigenvalue weighted by Crippen LogP contribution is 2.05. The Hall–Kier alpha value is -0.620. The average Bonchev–Trinajstić information content (AvgIpc) is 2.26. The van der Waals surface area contributed by atoms with Crippen molar-refractivity contribution in [2.24, 2.45) is 0 Å². The lowest BCUT2D eigenvalue weighted by Crippen LogP contribution is -2.37. The van der Waals surface area contributed by atoms with Gasteiger partial charge in [-0.3, -0.25) is 4.79 Å². The van der Waals surface area contributed by atoms with Crippen LogP contribution in [0.1, 0.15) is 52.4 Å². The highest BCUT2D eigenvalue weighted by Gasteiger charge is 2.26. The Morgan fingerprint density at radius 2 is 1.71 bits per heavy atom. The zero-order valence-corrected chi connectivity index (χ0v) is 11.4. The van der Waals surface area contributed by atoms with E-state index in [9.17, 15) is 13.2 Å². The van der Waals surface area contributed by atoms with Crippen LogP contribution in [0.25, 0.3) is 0 Å². The molecule has 0 aliphatic carbocycles. The average molecular weight is 265 g/mol. The SMILES string of the molecule is CCCCCCCCNS(=O)(=O)C(C)C(=O)O. The second-order valence-electron chi connectivity index (χ2n) is 4.19. The van der Waals surface area contributed by atoms with Crippen molar-refractivity contribution in [3.63, 3.8) is 0 Å². The molecule has 2 N–H and O–H groups in total. The predicted molar refractivity (Wildman–Crippen MR) is 67.4 cm³/mol. The van der Waals surface area contributed by atoms with Crippen LogP contribution in [0.2, 0.25) is 0 Å². The van der Waals surface area contributed by atoms with Crippen LogP contribution < -0.4 is 4.72 Å². The number of carbonyl (C=O) groups is 1. The minimum atomic E-state index is -3.71. The molecule has 0 amide bonds. The van der Waals surface area contributed by atoms with E-state index in [4.69, 9.17) is 5.11 Å². The molecule has 0 fully saturated rings. The molecule has 0 rings (SSSR count). The monoisotopic (exact) mass is 265 g/mol. The fraction of sp³-hybridized carbons (Fsp3) is 0.909. The van der Waals surface area contributed by atoms with Crippen LogP contribution in [0.4, 0.5) is 0 Å². The Morgan fingerprint density at radius 1 is 1.18 bits per heavy atom. The van der Waals surface area contributed by atoms with Gasteiger partial charge in [-0.15, -0.1) is 0 Å². The van der Waals surface area contributed by atoms with Gasteiger partial charge >= 0.3 is 5.97 Å². The van der Waals surface area contributed by atoms with Crippen LogP contribution in [0.15, 0.2) is 0 Å². The molecule has 0 aliphatic rings. The van der Waals surface area contributed by atoms with Crippen LogP contribution >= 0.6 is 0 Å². The van der Waals surface area contributed by atoms with Crippen LogP contribution in [-0.2, 0) is 14.8 Å². The third-order valence-electron chi connectivity index (χ3n) is 2.65. The molecular formula is C11H23NO4S. The van der Waals surface area contributed by atoms with Crippen molar-refractivity contribution >= 4 is 16.0 Å². The lowest BCUT2D eigenvalue weighted by molar-refractivity contribution is -0.136. The van der Waals surface area contributed by atoms with Gasteiger partial charge < -0.3 is 5.11 Å². The molecule has 0 saturated carbocycles. The summed E-state index contributed by atoms with van der Waals surface area (Å²) in [5.41, 5.74) is 0. The molecule has 6 heteroatoms. The lowest BCUT2D eigenvalue weighted by atomic mass is 10.1. The number of nitrogens with one attached hydrogen (secondary N) is 1. The maximum absolute atomic E-state index is 11.4. The van der Waals surface area contributed by atoms with Gasteiger partial charge in [-0.05, 0) is 13.3 Å². The fourth-order valence-electron chi connectivity index (χ4n) is 1.38. The van der Waals surface area contributed by atoms with Crippen molar-refractivity contribution in [3.8, 4) is 0 Å². The summed E-state index contributed by atoms with van der Waals surface area (Å²) in [4.78, 5) is 10.5. The first kappa shape index (κ1) is 16.4. The molecular weight excluding hydrogens is 242 g/mol. The van der Waals surface area contributed by atoms with Gasteiger partial charge in [-0.1, -0.05) is 39.0 Å². The first-order chi connectivity index (χ1) is 7.91. The molecule has 0 bridgehead atoms. The molecule has 102 valence electrons. The molecule has 1 atom stereocenters. The Balaban J connectivity index is 3.70. The van der Waals surface area contributed by atoms with E-state index in [2.05, 4.69) is 11.6 Å². The number of unbranched alkanes of at least 4 members (excludes halogenated alkanes) is 5. The molecule has 0 aromatic heterocycles. The Labute approximate surface area is 104 Å². The summed E-state index contributed by atoms with van der Waals surface area (Å²) in [7, 11) is -3.71. The number of hydrogen-bond donors (Lipinski definition) is 2. The van der Waals surface area contributed by atoms with E-state index in [0.717, 1.165) is 19.3 Å². The van der Waals surface area contributed by atoms with Crippen molar-refractivity contribution in [3.05, 3.63) is 0 Å². The van der Waals surface area contributed by atoms with Crippen molar-refractivity contribution in [1.82, 2.24) is 4.72 Å². The molecule has 0 spiro atoms. The third-order valence-corrected chi connectivity index (χ3v) is 4.39. The largest absolute Gasteiger partial charge is 0.480 e. The van der Waals surface area contributed by atoms with E-state index in [1.807, 2.05) is 0 Å². The minimum Gasteiger partial charge on any atom is -0.480 e. The summed E-state index contributed by atoms with van der Waals surface area (Å²) < 4.78 is 25.2. The second-order valence-corrected chi connectivity index (χ2v) is 6.27. The molecule has 17 heavy (non-hydrogen) atoms. The maximum Gasteiger partial charge on any atom is 0.323 e. The smallest absolute Gasteiger partial charge is 0.323 e. The number of rotatable bonds is 10. The van der Waals surface area contributed by atoms with Crippen molar-refractivity contribution < 1.29 is 18.3 Å². The van der Waals surface area contributed by atoms with Crippen LogP contribution in [-0.4, -0.2) is 31.3 Å². The summed E-state index contributed by atoms with van der Waals surface area (Å²) in [6.07, 6.45) is 6.41. The Bertz CT molecular complexity index is 313. The summed E-state index contributed by atoms with van der Waals surface area (Å²) >= 11 is 0. The number of carboxylic acid groups (broad SMARTS) is 1. The Morgan fingerprint density at radius 3 is 2.24 bits per heavy atom. The summed E-state index contributed by atoms with van der Waals surface area (Å²) in [6.45, 7) is 3.64. The number of sulfonamides is 1. The van der Waals surface area contributed by atoms with Crippen molar-refractivity contribution in [1.29, 1.82) is 0 Å². The standard InChI is InChI=1S/C11H23NO4S/c1-3-4-5-6-7-8-9-12-17(15,16)10(2)11(13)14/h10,12H,3-9H2,1-2H3,(H,13,14). The summed E-state index contributed by atoms with van der Waals surface area (Å²) in [5, 5.41) is 7.21. The highest BCUT2D eigenvalue weighted by atomic mass is 32.2. The van der Waals surface area contributed by atoms with Crippen LogP contribution in [0.3, 0.4) is 0 Å². The van der Waals surface area contributed by atoms with E-state index in [1.165, 1.54) is 26.2 Å². The quantitative estimate of drug-likeness (QED) is 0.589. The zero-order valence-electron chi connectivity index (χ0n) is 10.6. The van der Waals surface area contributed by atoms with E-state index in [-0.39, 0.29) is 0 Å². The van der Waals surface area contributed by atoms with Gasteiger partial charge in [0.2, 0.25) is 10.0 Å². The Kier molecular flexibility index (Phi) is 8.16. The third kappa shape index (κ3) is 7.33. The normalized spacial score (nSPS) is 13.5. The summed E-state index contributed by atoms with van der Waals surface area (Å²) in [6, 6.07) is 0. The van der Waals surface area contributed by atoms with Gasteiger partial charge in [0.25, 0.3) is 0 Å². The molecule has 0 radical (unpaired) electrons. The van der Waals surface area contributed by atoms with Gasteiger partial charge in [-0.2, -0.15) is 0 Å². The highest BCUT2D eigenvalue weighted by molar-refractivity contribution is 7.90. The van der Waals surface area contributed by atoms with E-state index >= 15 is 0 Å². The number of aliphatic carboxylic acids is 1. The lowest BCUT2D eigenvalue weighted by Gasteiger charge is -2.09. The van der Waals surface area contributed by atoms with Gasteiger partial charge in [-0.25, -0.2) is 13.1 Å².